The maximum atomic E-state index is 13.0. The maximum Gasteiger partial charge on any atom is 0.416 e. The summed E-state index contributed by atoms with van der Waals surface area (Å²) in [5.74, 6) is -2.10. The number of carboxylic acids is 1. The summed E-state index contributed by atoms with van der Waals surface area (Å²) in [7, 11) is 1.42. The molecular formula is C11H11F4NO2. The number of hydrogen-bond acceptors (Lipinski definition) is 2. The predicted octanol–water partition coefficient (Wildman–Crippen LogP) is 2.36. The quantitative estimate of drug-likeness (QED) is 0.850. The number of benzene rings is 1. The first-order valence-electron chi connectivity index (χ1n) is 4.95. The lowest BCUT2D eigenvalue weighted by molar-refractivity contribution is -0.139. The Morgan fingerprint density at radius 3 is 2.44 bits per heavy atom. The number of likely N-dealkylation sites (N-methyl/N-ethyl adjacent to an activating group) is 1. The Hall–Kier alpha value is -1.63. The van der Waals surface area contributed by atoms with Crippen LogP contribution in [0.25, 0.3) is 0 Å². The molecule has 18 heavy (non-hydrogen) atoms. The van der Waals surface area contributed by atoms with Crippen molar-refractivity contribution in [2.45, 2.75) is 12.7 Å². The molecule has 0 aliphatic carbocycles. The first-order valence-corrected chi connectivity index (χ1v) is 4.95. The van der Waals surface area contributed by atoms with E-state index in [9.17, 15) is 22.4 Å². The van der Waals surface area contributed by atoms with Gasteiger partial charge in [0.1, 0.15) is 5.82 Å². The van der Waals surface area contributed by atoms with Crippen molar-refractivity contribution in [1.82, 2.24) is 4.90 Å². The van der Waals surface area contributed by atoms with Gasteiger partial charge in [-0.2, -0.15) is 13.2 Å². The second kappa shape index (κ2) is 5.34. The van der Waals surface area contributed by atoms with Crippen LogP contribution in [0.5, 0.6) is 0 Å². The molecule has 0 spiro atoms. The zero-order valence-electron chi connectivity index (χ0n) is 9.46. The third kappa shape index (κ3) is 4.33. The monoisotopic (exact) mass is 265 g/mol. The summed E-state index contributed by atoms with van der Waals surface area (Å²) >= 11 is 0. The van der Waals surface area contributed by atoms with Gasteiger partial charge < -0.3 is 5.11 Å². The minimum absolute atomic E-state index is 0.0751. The molecule has 0 atom stereocenters. The van der Waals surface area contributed by atoms with E-state index in [0.29, 0.717) is 6.07 Å². The number of rotatable bonds is 4. The van der Waals surface area contributed by atoms with E-state index in [4.69, 9.17) is 5.11 Å². The molecule has 0 aliphatic rings. The van der Waals surface area contributed by atoms with Crippen LogP contribution in [0.1, 0.15) is 11.1 Å². The Morgan fingerprint density at radius 2 is 1.94 bits per heavy atom. The van der Waals surface area contributed by atoms with Crippen LogP contribution in [0.3, 0.4) is 0 Å². The van der Waals surface area contributed by atoms with Crippen LogP contribution in [0, 0.1) is 5.82 Å². The Bertz CT molecular complexity index is 445. The minimum atomic E-state index is -4.62. The van der Waals surface area contributed by atoms with Gasteiger partial charge in [-0.15, -0.1) is 0 Å². The minimum Gasteiger partial charge on any atom is -0.480 e. The summed E-state index contributed by atoms with van der Waals surface area (Å²) in [5, 5.41) is 8.50. The summed E-state index contributed by atoms with van der Waals surface area (Å²) in [6.07, 6.45) is -4.62. The van der Waals surface area contributed by atoms with Gasteiger partial charge in [0.05, 0.1) is 12.1 Å². The molecule has 0 aromatic heterocycles. The molecular weight excluding hydrogens is 254 g/mol. The van der Waals surface area contributed by atoms with Gasteiger partial charge >= 0.3 is 12.1 Å². The molecule has 7 heteroatoms. The van der Waals surface area contributed by atoms with Gasteiger partial charge in [-0.05, 0) is 30.8 Å². The number of nitrogens with zero attached hydrogens (tertiary/aromatic N) is 1. The van der Waals surface area contributed by atoms with Crippen molar-refractivity contribution in [3.8, 4) is 0 Å². The zero-order valence-corrected chi connectivity index (χ0v) is 9.46. The second-order valence-electron chi connectivity index (χ2n) is 3.91. The summed E-state index contributed by atoms with van der Waals surface area (Å²) in [6, 6.07) is 2.16. The highest BCUT2D eigenvalue weighted by Gasteiger charge is 2.31. The molecule has 0 radical (unpaired) electrons. The highest BCUT2D eigenvalue weighted by molar-refractivity contribution is 5.69. The fraction of sp³-hybridized carbons (Fsp3) is 0.364. The van der Waals surface area contributed by atoms with E-state index >= 15 is 0 Å². The molecule has 0 aliphatic heterocycles. The third-order valence-corrected chi connectivity index (χ3v) is 2.14. The lowest BCUT2D eigenvalue weighted by Crippen LogP contribution is -2.25. The van der Waals surface area contributed by atoms with Crippen molar-refractivity contribution in [3.05, 3.63) is 35.1 Å². The Balaban J connectivity index is 2.90. The molecule has 1 rings (SSSR count). The average Bonchev–Trinajstić information content (AvgIpc) is 2.13. The lowest BCUT2D eigenvalue weighted by Gasteiger charge is -2.15. The van der Waals surface area contributed by atoms with Crippen LogP contribution < -0.4 is 0 Å². The zero-order chi connectivity index (χ0) is 13.9. The van der Waals surface area contributed by atoms with E-state index in [1.54, 1.807) is 0 Å². The van der Waals surface area contributed by atoms with Gasteiger partial charge in [-0.1, -0.05) is 0 Å². The fourth-order valence-corrected chi connectivity index (χ4v) is 1.50. The molecule has 100 valence electrons. The van der Waals surface area contributed by atoms with Crippen LogP contribution in [0.15, 0.2) is 18.2 Å². The van der Waals surface area contributed by atoms with Crippen molar-refractivity contribution in [2.75, 3.05) is 13.6 Å². The highest BCUT2D eigenvalue weighted by Crippen LogP contribution is 2.30. The van der Waals surface area contributed by atoms with Gasteiger partial charge in [0.15, 0.2) is 0 Å². The SMILES string of the molecule is CN(CC(=O)O)Cc1cc(F)cc(C(F)(F)F)c1. The predicted molar refractivity (Wildman–Crippen MR) is 55.4 cm³/mol. The van der Waals surface area contributed by atoms with Crippen LogP contribution >= 0.6 is 0 Å². The molecule has 0 saturated heterocycles. The molecule has 0 unspecified atom stereocenters. The van der Waals surface area contributed by atoms with E-state index in [2.05, 4.69) is 0 Å². The maximum absolute atomic E-state index is 13.0. The largest absolute Gasteiger partial charge is 0.480 e. The smallest absolute Gasteiger partial charge is 0.416 e. The van der Waals surface area contributed by atoms with Gasteiger partial charge in [-0.25, -0.2) is 4.39 Å². The first-order chi connectivity index (χ1) is 8.18. The fourth-order valence-electron chi connectivity index (χ4n) is 1.50. The van der Waals surface area contributed by atoms with Crippen LogP contribution in [0.4, 0.5) is 17.6 Å². The number of aliphatic carboxylic acids is 1. The molecule has 1 N–H and O–H groups in total. The lowest BCUT2D eigenvalue weighted by atomic mass is 10.1. The van der Waals surface area contributed by atoms with E-state index in [0.717, 1.165) is 12.1 Å². The Labute approximate surface area is 101 Å². The molecule has 1 aromatic rings. The molecule has 0 fully saturated rings. The average molecular weight is 265 g/mol. The highest BCUT2D eigenvalue weighted by atomic mass is 19.4. The Kier molecular flexibility index (Phi) is 4.28. The van der Waals surface area contributed by atoms with Crippen molar-refractivity contribution in [1.29, 1.82) is 0 Å². The summed E-state index contributed by atoms with van der Waals surface area (Å²) in [5.41, 5.74) is -1.01. The molecule has 0 saturated carbocycles. The molecule has 0 amide bonds. The van der Waals surface area contributed by atoms with E-state index in [1.165, 1.54) is 11.9 Å². The third-order valence-electron chi connectivity index (χ3n) is 2.14. The molecule has 0 heterocycles. The number of carboxylic acid groups (broad SMARTS) is 1. The van der Waals surface area contributed by atoms with Gasteiger partial charge in [0.25, 0.3) is 0 Å². The van der Waals surface area contributed by atoms with Gasteiger partial charge in [-0.3, -0.25) is 9.69 Å². The standard InChI is InChI=1S/C11H11F4NO2/c1-16(6-10(17)18)5-7-2-8(11(13,14)15)4-9(12)3-7/h2-4H,5-6H2,1H3,(H,17,18). The molecule has 3 nitrogen and oxygen atoms in total. The van der Waals surface area contributed by atoms with Crippen LogP contribution in [-0.2, 0) is 17.5 Å². The van der Waals surface area contributed by atoms with E-state index in [1.807, 2.05) is 0 Å². The number of halogens is 4. The van der Waals surface area contributed by atoms with Gasteiger partial charge in [0.2, 0.25) is 0 Å². The van der Waals surface area contributed by atoms with Gasteiger partial charge in [0, 0.05) is 6.54 Å². The summed E-state index contributed by atoms with van der Waals surface area (Å²) in [4.78, 5) is 11.7. The van der Waals surface area contributed by atoms with Crippen LogP contribution in [-0.4, -0.2) is 29.6 Å². The summed E-state index contributed by atoms with van der Waals surface area (Å²) in [6.45, 7) is -0.412. The van der Waals surface area contributed by atoms with Crippen molar-refractivity contribution in [3.63, 3.8) is 0 Å². The first kappa shape index (κ1) is 14.4. The summed E-state index contributed by atoms with van der Waals surface area (Å²) < 4.78 is 50.3. The topological polar surface area (TPSA) is 40.5 Å². The van der Waals surface area contributed by atoms with Crippen molar-refractivity contribution < 1.29 is 27.5 Å². The van der Waals surface area contributed by atoms with E-state index in [-0.39, 0.29) is 18.7 Å². The number of alkyl halides is 3. The van der Waals surface area contributed by atoms with Crippen molar-refractivity contribution >= 4 is 5.97 Å². The second-order valence-corrected chi connectivity index (χ2v) is 3.91. The Morgan fingerprint density at radius 1 is 1.33 bits per heavy atom. The number of hydrogen-bond donors (Lipinski definition) is 1. The van der Waals surface area contributed by atoms with Crippen molar-refractivity contribution in [2.24, 2.45) is 0 Å². The molecule has 0 bridgehead atoms. The van der Waals surface area contributed by atoms with Crippen LogP contribution in [0.2, 0.25) is 0 Å². The van der Waals surface area contributed by atoms with E-state index < -0.39 is 23.5 Å². The normalized spacial score (nSPS) is 11.9. The molecule has 1 aromatic carbocycles. The number of carbonyl (C=O) groups is 1.